The molecule has 2 aromatic rings. The summed E-state index contributed by atoms with van der Waals surface area (Å²) in [7, 11) is 1.35. The molecule has 6 nitrogen and oxygen atoms in total. The van der Waals surface area contributed by atoms with Gasteiger partial charge in [-0.3, -0.25) is 9.59 Å². The van der Waals surface area contributed by atoms with Crippen molar-refractivity contribution in [2.75, 3.05) is 7.11 Å². The molecule has 0 saturated heterocycles. The first kappa shape index (κ1) is 21.9. The molecule has 2 heterocycles. The van der Waals surface area contributed by atoms with Gasteiger partial charge in [-0.2, -0.15) is 0 Å². The van der Waals surface area contributed by atoms with Crippen molar-refractivity contribution in [1.29, 1.82) is 0 Å². The summed E-state index contributed by atoms with van der Waals surface area (Å²) < 4.78 is 17.5. The van der Waals surface area contributed by atoms with Gasteiger partial charge < -0.3 is 19.3 Å². The van der Waals surface area contributed by atoms with Crippen molar-refractivity contribution in [3.8, 4) is 17.2 Å². The van der Waals surface area contributed by atoms with Crippen LogP contribution in [0, 0.1) is 5.92 Å². The Morgan fingerprint density at radius 1 is 1.19 bits per heavy atom. The summed E-state index contributed by atoms with van der Waals surface area (Å²) >= 11 is 0. The fourth-order valence-corrected chi connectivity index (χ4v) is 4.30. The number of esters is 1. The van der Waals surface area contributed by atoms with Gasteiger partial charge in [0.1, 0.15) is 34.5 Å². The molecule has 2 aromatic carbocycles. The van der Waals surface area contributed by atoms with Crippen LogP contribution in [-0.2, 0) is 9.53 Å². The number of benzene rings is 2. The molecule has 32 heavy (non-hydrogen) atoms. The lowest BCUT2D eigenvalue weighted by Crippen LogP contribution is -2.36. The zero-order valence-corrected chi connectivity index (χ0v) is 19.0. The van der Waals surface area contributed by atoms with E-state index in [1.54, 1.807) is 13.0 Å². The highest BCUT2D eigenvalue weighted by molar-refractivity contribution is 6.06. The van der Waals surface area contributed by atoms with Crippen molar-refractivity contribution in [2.24, 2.45) is 5.92 Å². The Kier molecular flexibility index (Phi) is 5.49. The summed E-state index contributed by atoms with van der Waals surface area (Å²) in [4.78, 5) is 25.7. The van der Waals surface area contributed by atoms with Crippen LogP contribution in [-0.4, -0.2) is 35.7 Å². The largest absolute Gasteiger partial charge is 0.506 e. The van der Waals surface area contributed by atoms with E-state index in [2.05, 4.69) is 0 Å². The van der Waals surface area contributed by atoms with Gasteiger partial charge >= 0.3 is 5.97 Å². The van der Waals surface area contributed by atoms with E-state index in [0.717, 1.165) is 5.56 Å². The number of carbonyl (C=O) groups is 2. The quantitative estimate of drug-likeness (QED) is 0.689. The topological polar surface area (TPSA) is 82.1 Å². The molecular weight excluding hydrogens is 408 g/mol. The fraction of sp³-hybridized carbons (Fsp3) is 0.385. The lowest BCUT2D eigenvalue weighted by molar-refractivity contribution is -0.140. The van der Waals surface area contributed by atoms with Gasteiger partial charge in [0.25, 0.3) is 0 Å². The number of methoxy groups -OCH3 is 1. The van der Waals surface area contributed by atoms with Crippen LogP contribution >= 0.6 is 0 Å². The number of fused-ring (bicyclic) bond motifs is 2. The summed E-state index contributed by atoms with van der Waals surface area (Å²) in [6.45, 7) is 7.42. The molecule has 168 valence electrons. The minimum atomic E-state index is -0.646. The van der Waals surface area contributed by atoms with E-state index >= 15 is 0 Å². The number of carbonyl (C=O) groups excluding carboxylic acids is 2. The summed E-state index contributed by atoms with van der Waals surface area (Å²) in [6.07, 6.45) is 3.24. The molecule has 2 aliphatic rings. The van der Waals surface area contributed by atoms with Crippen LogP contribution in [0.4, 0.5) is 0 Å². The van der Waals surface area contributed by atoms with Gasteiger partial charge in [0.05, 0.1) is 25.0 Å². The Bertz CT molecular complexity index is 1100. The molecule has 0 radical (unpaired) electrons. The molecule has 0 amide bonds. The lowest BCUT2D eigenvalue weighted by Gasteiger charge is -2.37. The SMILES string of the molecule is COC(=O)C[C@H](c1ccccc1)c1c2c(c(O)c3c1O[C@H](C)[C@H](C)C3=O)C=CC(C)(C)O2. The number of rotatable bonds is 4. The summed E-state index contributed by atoms with van der Waals surface area (Å²) in [5.74, 6) is -0.963. The first-order valence-electron chi connectivity index (χ1n) is 10.8. The number of aromatic hydroxyl groups is 1. The van der Waals surface area contributed by atoms with E-state index in [1.165, 1.54) is 7.11 Å². The predicted molar refractivity (Wildman–Crippen MR) is 120 cm³/mol. The zero-order chi connectivity index (χ0) is 23.2. The van der Waals surface area contributed by atoms with Crippen molar-refractivity contribution in [2.45, 2.75) is 51.7 Å². The molecular formula is C26H28O6. The fourth-order valence-electron chi connectivity index (χ4n) is 4.30. The highest BCUT2D eigenvalue weighted by Crippen LogP contribution is 2.54. The maximum Gasteiger partial charge on any atom is 0.306 e. The third-order valence-corrected chi connectivity index (χ3v) is 6.29. The monoisotopic (exact) mass is 436 g/mol. The Morgan fingerprint density at radius 2 is 1.88 bits per heavy atom. The van der Waals surface area contributed by atoms with Gasteiger partial charge in [-0.05, 0) is 38.5 Å². The maximum absolute atomic E-state index is 13.3. The number of Topliss-reactive ketones (excluding diaryl/α,β-unsaturated/α-hetero) is 1. The number of hydrogen-bond acceptors (Lipinski definition) is 6. The minimum absolute atomic E-state index is 0.0269. The first-order chi connectivity index (χ1) is 15.1. The molecule has 6 heteroatoms. The molecule has 0 fully saturated rings. The Hall–Kier alpha value is -3.28. The summed E-state index contributed by atoms with van der Waals surface area (Å²) in [5.41, 5.74) is 1.35. The minimum Gasteiger partial charge on any atom is -0.506 e. The van der Waals surface area contributed by atoms with Crippen molar-refractivity contribution in [3.63, 3.8) is 0 Å². The van der Waals surface area contributed by atoms with Crippen molar-refractivity contribution >= 4 is 17.8 Å². The van der Waals surface area contributed by atoms with Crippen LogP contribution in [0.5, 0.6) is 17.2 Å². The predicted octanol–water partition coefficient (Wildman–Crippen LogP) is 4.87. The summed E-state index contributed by atoms with van der Waals surface area (Å²) in [5, 5.41) is 11.1. The van der Waals surface area contributed by atoms with E-state index in [-0.39, 0.29) is 29.3 Å². The number of hydrogen-bond donors (Lipinski definition) is 1. The molecule has 0 saturated carbocycles. The number of ether oxygens (including phenoxy) is 3. The summed E-state index contributed by atoms with van der Waals surface area (Å²) in [6, 6.07) is 9.51. The van der Waals surface area contributed by atoms with Crippen LogP contribution in [0.1, 0.15) is 67.1 Å². The van der Waals surface area contributed by atoms with E-state index in [1.807, 2.05) is 57.2 Å². The molecule has 0 unspecified atom stereocenters. The number of phenolic OH excluding ortho intramolecular Hbond substituents is 1. The second kappa shape index (κ2) is 8.01. The molecule has 0 spiro atoms. The van der Waals surface area contributed by atoms with Gasteiger partial charge in [0.15, 0.2) is 5.78 Å². The van der Waals surface area contributed by atoms with Gasteiger partial charge in [-0.1, -0.05) is 37.3 Å². The molecule has 0 bridgehead atoms. The zero-order valence-electron chi connectivity index (χ0n) is 19.0. The first-order valence-corrected chi connectivity index (χ1v) is 10.8. The average Bonchev–Trinajstić information content (AvgIpc) is 2.76. The van der Waals surface area contributed by atoms with Crippen molar-refractivity contribution in [1.82, 2.24) is 0 Å². The smallest absolute Gasteiger partial charge is 0.306 e. The second-order valence-corrected chi connectivity index (χ2v) is 8.97. The molecule has 4 rings (SSSR count). The third-order valence-electron chi connectivity index (χ3n) is 6.29. The van der Waals surface area contributed by atoms with Crippen LogP contribution in [0.2, 0.25) is 0 Å². The van der Waals surface area contributed by atoms with E-state index in [0.29, 0.717) is 16.9 Å². The van der Waals surface area contributed by atoms with Crippen LogP contribution < -0.4 is 9.47 Å². The van der Waals surface area contributed by atoms with E-state index in [4.69, 9.17) is 14.2 Å². The van der Waals surface area contributed by atoms with Crippen LogP contribution in [0.25, 0.3) is 6.08 Å². The molecule has 2 aliphatic heterocycles. The van der Waals surface area contributed by atoms with Crippen molar-refractivity contribution in [3.05, 3.63) is 58.7 Å². The highest BCUT2D eigenvalue weighted by atomic mass is 16.5. The lowest BCUT2D eigenvalue weighted by atomic mass is 9.80. The average molecular weight is 437 g/mol. The van der Waals surface area contributed by atoms with Gasteiger partial charge in [-0.25, -0.2) is 0 Å². The number of phenols is 1. The molecule has 1 N–H and O–H groups in total. The maximum atomic E-state index is 13.3. The Balaban J connectivity index is 2.06. The van der Waals surface area contributed by atoms with Gasteiger partial charge in [-0.15, -0.1) is 0 Å². The normalized spacial score (nSPS) is 21.6. The molecule has 3 atom stereocenters. The Labute approximate surface area is 187 Å². The van der Waals surface area contributed by atoms with Crippen molar-refractivity contribution < 1.29 is 28.9 Å². The highest BCUT2D eigenvalue weighted by Gasteiger charge is 2.42. The van der Waals surface area contributed by atoms with Crippen LogP contribution in [0.3, 0.4) is 0 Å². The van der Waals surface area contributed by atoms with E-state index < -0.39 is 29.5 Å². The van der Waals surface area contributed by atoms with Gasteiger partial charge in [0.2, 0.25) is 0 Å². The molecule has 0 aromatic heterocycles. The standard InChI is InChI=1S/C26H28O6/c1-14-15(2)31-25-20(18(13-19(27)30-5)16-9-7-6-8-10-16)24-17(11-12-26(3,4)32-24)23(29)21(25)22(14)28/h6-12,14-15,18,29H,13H2,1-5H3/t14-,15+,18+/m0/s1. The third kappa shape index (κ3) is 3.64. The Morgan fingerprint density at radius 3 is 2.53 bits per heavy atom. The molecule has 0 aliphatic carbocycles. The second-order valence-electron chi connectivity index (χ2n) is 8.97. The van der Waals surface area contributed by atoms with Gasteiger partial charge in [0, 0.05) is 11.5 Å². The number of ketones is 1. The van der Waals surface area contributed by atoms with Crippen LogP contribution in [0.15, 0.2) is 36.4 Å². The van der Waals surface area contributed by atoms with E-state index in [9.17, 15) is 14.7 Å².